The molecule has 0 aliphatic heterocycles. The van der Waals surface area contributed by atoms with Gasteiger partial charge in [-0.25, -0.2) is 8.78 Å². The quantitative estimate of drug-likeness (QED) is 0.419. The van der Waals surface area contributed by atoms with Crippen molar-refractivity contribution in [2.45, 2.75) is 4.90 Å². The maximum absolute atomic E-state index is 12.3. The lowest BCUT2D eigenvalue weighted by Gasteiger charge is -1.96. The molecule has 0 aliphatic rings. The highest BCUT2D eigenvalue weighted by Crippen LogP contribution is 2.19. The van der Waals surface area contributed by atoms with Crippen LogP contribution in [-0.2, 0) is 0 Å². The highest BCUT2D eigenvalue weighted by Gasteiger charge is 2.03. The van der Waals surface area contributed by atoms with Crippen LogP contribution in [0, 0.1) is 15.2 Å². The summed E-state index contributed by atoms with van der Waals surface area (Å²) < 4.78 is 25.3. The zero-order chi connectivity index (χ0) is 7.72. The van der Waals surface area contributed by atoms with Gasteiger partial charge in [0.1, 0.15) is 0 Å². The molecule has 0 bridgehead atoms. The summed E-state index contributed by atoms with van der Waals surface area (Å²) in [5, 5.41) is 0. The van der Waals surface area contributed by atoms with Gasteiger partial charge < -0.3 is 0 Å². The van der Waals surface area contributed by atoms with Crippen molar-refractivity contribution in [3.63, 3.8) is 0 Å². The Morgan fingerprint density at radius 3 is 2.20 bits per heavy atom. The van der Waals surface area contributed by atoms with Gasteiger partial charge in [0.2, 0.25) is 0 Å². The predicted octanol–water partition coefficient (Wildman–Crippen LogP) is 2.86. The molecule has 0 N–H and O–H groups in total. The number of halogens is 3. The lowest BCUT2D eigenvalue weighted by Crippen LogP contribution is -1.85. The first-order valence-corrected chi connectivity index (χ1v) is 3.97. The molecule has 0 aromatic heterocycles. The average Bonchev–Trinajstić information content (AvgIpc) is 1.84. The van der Waals surface area contributed by atoms with Crippen molar-refractivity contribution < 1.29 is 8.78 Å². The second kappa shape index (κ2) is 3.04. The summed E-state index contributed by atoms with van der Waals surface area (Å²) in [7, 11) is 0. The second-order valence-electron chi connectivity index (χ2n) is 1.72. The maximum Gasteiger partial charge on any atom is 0.160 e. The minimum absolute atomic E-state index is 0.458. The summed E-state index contributed by atoms with van der Waals surface area (Å²) >= 11 is 5.78. The van der Waals surface area contributed by atoms with Crippen LogP contribution in [0.5, 0.6) is 0 Å². The van der Waals surface area contributed by atoms with Crippen LogP contribution in [0.3, 0.4) is 0 Å². The first-order valence-electron chi connectivity index (χ1n) is 2.45. The minimum atomic E-state index is -0.856. The summed E-state index contributed by atoms with van der Waals surface area (Å²) in [5.41, 5.74) is 0. The molecule has 0 radical (unpaired) electrons. The van der Waals surface area contributed by atoms with E-state index in [0.717, 1.165) is 12.1 Å². The van der Waals surface area contributed by atoms with Gasteiger partial charge in [-0.15, -0.1) is 12.6 Å². The van der Waals surface area contributed by atoms with E-state index >= 15 is 0 Å². The molecule has 0 nitrogen and oxygen atoms in total. The molecule has 0 unspecified atom stereocenters. The van der Waals surface area contributed by atoms with Crippen LogP contribution in [-0.4, -0.2) is 0 Å². The normalized spacial score (nSPS) is 10.0. The van der Waals surface area contributed by atoms with Crippen LogP contribution in [0.2, 0.25) is 0 Å². The molecule has 0 saturated carbocycles. The summed E-state index contributed by atoms with van der Waals surface area (Å²) in [4.78, 5) is 0.458. The Kier molecular flexibility index (Phi) is 2.51. The van der Waals surface area contributed by atoms with E-state index in [-0.39, 0.29) is 0 Å². The molecule has 10 heavy (non-hydrogen) atoms. The molecule has 4 heteroatoms. The molecular formula is C6H3F2IS. The van der Waals surface area contributed by atoms with Gasteiger partial charge in [-0.3, -0.25) is 0 Å². The van der Waals surface area contributed by atoms with Gasteiger partial charge in [0, 0.05) is 8.47 Å². The van der Waals surface area contributed by atoms with Crippen molar-refractivity contribution in [2.75, 3.05) is 0 Å². The summed E-state index contributed by atoms with van der Waals surface area (Å²) in [6.07, 6.45) is 0. The molecule has 0 fully saturated rings. The SMILES string of the molecule is Fc1cc(S)c(I)cc1F. The molecule has 0 atom stereocenters. The van der Waals surface area contributed by atoms with E-state index in [1.807, 2.05) is 22.6 Å². The largest absolute Gasteiger partial charge is 0.204 e. The smallest absolute Gasteiger partial charge is 0.160 e. The molecule has 54 valence electrons. The molecule has 1 rings (SSSR count). The Bertz CT molecular complexity index is 212. The van der Waals surface area contributed by atoms with E-state index in [2.05, 4.69) is 12.6 Å². The van der Waals surface area contributed by atoms with Crippen molar-refractivity contribution in [1.82, 2.24) is 0 Å². The molecule has 0 aliphatic carbocycles. The van der Waals surface area contributed by atoms with E-state index in [4.69, 9.17) is 0 Å². The van der Waals surface area contributed by atoms with Crippen molar-refractivity contribution in [1.29, 1.82) is 0 Å². The topological polar surface area (TPSA) is 0 Å². The monoisotopic (exact) mass is 272 g/mol. The third kappa shape index (κ3) is 1.60. The van der Waals surface area contributed by atoms with E-state index in [1.165, 1.54) is 0 Å². The van der Waals surface area contributed by atoms with Crippen LogP contribution in [0.1, 0.15) is 0 Å². The lowest BCUT2D eigenvalue weighted by molar-refractivity contribution is 0.505. The van der Waals surface area contributed by atoms with Gasteiger partial charge in [0.05, 0.1) is 0 Å². The Morgan fingerprint density at radius 2 is 1.70 bits per heavy atom. The van der Waals surface area contributed by atoms with Gasteiger partial charge >= 0.3 is 0 Å². The number of benzene rings is 1. The van der Waals surface area contributed by atoms with E-state index in [1.54, 1.807) is 0 Å². The Morgan fingerprint density at radius 1 is 1.20 bits per heavy atom. The van der Waals surface area contributed by atoms with E-state index < -0.39 is 11.6 Å². The van der Waals surface area contributed by atoms with Gasteiger partial charge in [-0.1, -0.05) is 0 Å². The summed E-state index contributed by atoms with van der Waals surface area (Å²) in [6.45, 7) is 0. The van der Waals surface area contributed by atoms with E-state index in [0.29, 0.717) is 8.47 Å². The standard InChI is InChI=1S/C6H3F2IS/c7-3-1-5(9)6(10)2-4(3)8/h1-2,10H. The zero-order valence-corrected chi connectivity index (χ0v) is 7.79. The minimum Gasteiger partial charge on any atom is -0.204 e. The van der Waals surface area contributed by atoms with Crippen LogP contribution >= 0.6 is 35.2 Å². The Labute approximate surface area is 76.2 Å². The molecule has 0 heterocycles. The first kappa shape index (κ1) is 8.26. The van der Waals surface area contributed by atoms with Crippen LogP contribution < -0.4 is 0 Å². The fourth-order valence-corrected chi connectivity index (χ4v) is 1.12. The van der Waals surface area contributed by atoms with Gasteiger partial charge in [0.15, 0.2) is 11.6 Å². The number of hydrogen-bond acceptors (Lipinski definition) is 1. The van der Waals surface area contributed by atoms with E-state index in [9.17, 15) is 8.78 Å². The molecule has 0 amide bonds. The number of hydrogen-bond donors (Lipinski definition) is 1. The highest BCUT2D eigenvalue weighted by molar-refractivity contribution is 14.1. The molecule has 1 aromatic carbocycles. The van der Waals surface area contributed by atoms with Crippen LogP contribution in [0.15, 0.2) is 17.0 Å². The third-order valence-electron chi connectivity index (χ3n) is 0.990. The fraction of sp³-hybridized carbons (Fsp3) is 0. The van der Waals surface area contributed by atoms with Crippen molar-refractivity contribution in [3.05, 3.63) is 27.3 Å². The zero-order valence-electron chi connectivity index (χ0n) is 4.74. The maximum atomic E-state index is 12.3. The fourth-order valence-electron chi connectivity index (χ4n) is 0.512. The van der Waals surface area contributed by atoms with Crippen molar-refractivity contribution in [2.24, 2.45) is 0 Å². The molecule has 0 spiro atoms. The second-order valence-corrected chi connectivity index (χ2v) is 3.36. The Balaban J connectivity index is 3.28. The summed E-state index contributed by atoms with van der Waals surface area (Å²) in [6, 6.07) is 2.17. The third-order valence-corrected chi connectivity index (χ3v) is 2.68. The first-order chi connectivity index (χ1) is 4.61. The van der Waals surface area contributed by atoms with Crippen LogP contribution in [0.25, 0.3) is 0 Å². The highest BCUT2D eigenvalue weighted by atomic mass is 127. The van der Waals surface area contributed by atoms with Crippen molar-refractivity contribution >= 4 is 35.2 Å². The number of rotatable bonds is 0. The lowest BCUT2D eigenvalue weighted by atomic mass is 10.3. The van der Waals surface area contributed by atoms with Gasteiger partial charge in [-0.2, -0.15) is 0 Å². The predicted molar refractivity (Wildman–Crippen MR) is 46.3 cm³/mol. The number of thiol groups is 1. The van der Waals surface area contributed by atoms with Gasteiger partial charge in [0.25, 0.3) is 0 Å². The van der Waals surface area contributed by atoms with Crippen LogP contribution in [0.4, 0.5) is 8.78 Å². The molecule has 0 saturated heterocycles. The summed E-state index contributed by atoms with van der Waals surface area (Å²) in [5.74, 6) is -1.69. The van der Waals surface area contributed by atoms with Crippen molar-refractivity contribution in [3.8, 4) is 0 Å². The van der Waals surface area contributed by atoms with Gasteiger partial charge in [-0.05, 0) is 34.7 Å². The molecular weight excluding hydrogens is 269 g/mol. The molecule has 1 aromatic rings. The average molecular weight is 272 g/mol. The Hall–Kier alpha value is 0.160.